The van der Waals surface area contributed by atoms with Crippen LogP contribution in [-0.2, 0) is 17.4 Å². The Morgan fingerprint density at radius 2 is 1.68 bits per heavy atom. The molecule has 1 saturated heterocycles. The van der Waals surface area contributed by atoms with Crippen molar-refractivity contribution in [2.75, 3.05) is 37.6 Å². The van der Waals surface area contributed by atoms with Crippen LogP contribution < -0.4 is 4.90 Å². The number of benzene rings is 2. The molecule has 0 aromatic heterocycles. The predicted octanol–water partition coefficient (Wildman–Crippen LogP) is 4.89. The van der Waals surface area contributed by atoms with E-state index in [1.165, 1.54) is 12.1 Å². The lowest BCUT2D eigenvalue weighted by molar-refractivity contribution is -0.138. The topological polar surface area (TPSA) is 76.4 Å². The van der Waals surface area contributed by atoms with Gasteiger partial charge in [0, 0.05) is 38.3 Å². The van der Waals surface area contributed by atoms with Crippen molar-refractivity contribution < 1.29 is 28.3 Å². The first-order valence-electron chi connectivity index (χ1n) is 11.4. The lowest BCUT2D eigenvalue weighted by atomic mass is 10.0. The Morgan fingerprint density at radius 3 is 2.29 bits per heavy atom. The number of hydrogen-bond donors (Lipinski definition) is 2. The van der Waals surface area contributed by atoms with Gasteiger partial charge in [-0.3, -0.25) is 9.69 Å². The highest BCUT2D eigenvalue weighted by Gasteiger charge is 2.31. The summed E-state index contributed by atoms with van der Waals surface area (Å²) in [6.45, 7) is 4.01. The van der Waals surface area contributed by atoms with Crippen LogP contribution >= 0.6 is 0 Å². The molecule has 2 aromatic carbocycles. The molecule has 1 heterocycles. The molecular formula is C25H30F3N3O3. The first-order chi connectivity index (χ1) is 16.3. The molecule has 0 amide bonds. The van der Waals surface area contributed by atoms with Crippen molar-refractivity contribution >= 4 is 17.4 Å². The summed E-state index contributed by atoms with van der Waals surface area (Å²) < 4.78 is 38.9. The van der Waals surface area contributed by atoms with Crippen LogP contribution in [0.25, 0.3) is 0 Å². The molecule has 184 valence electrons. The summed E-state index contributed by atoms with van der Waals surface area (Å²) in [5.41, 5.74) is 2.24. The Labute approximate surface area is 197 Å². The fourth-order valence-electron chi connectivity index (χ4n) is 4.11. The van der Waals surface area contributed by atoms with Crippen LogP contribution in [0.15, 0.2) is 53.7 Å². The molecule has 0 spiro atoms. The average Bonchev–Trinajstić information content (AvgIpc) is 2.83. The van der Waals surface area contributed by atoms with E-state index in [4.69, 9.17) is 10.3 Å². The third-order valence-corrected chi connectivity index (χ3v) is 6.08. The fraction of sp³-hybridized carbons (Fsp3) is 0.440. The number of hydrogen-bond acceptors (Lipinski definition) is 5. The molecular weight excluding hydrogens is 447 g/mol. The van der Waals surface area contributed by atoms with Gasteiger partial charge in [0.15, 0.2) is 0 Å². The maximum atomic E-state index is 13.0. The Morgan fingerprint density at radius 1 is 0.971 bits per heavy atom. The normalized spacial score (nSPS) is 15.5. The van der Waals surface area contributed by atoms with E-state index in [2.05, 4.69) is 10.1 Å². The number of piperazine rings is 1. The highest BCUT2D eigenvalue weighted by atomic mass is 19.4. The average molecular weight is 478 g/mol. The minimum absolute atomic E-state index is 0.0879. The molecule has 0 bridgehead atoms. The fourth-order valence-corrected chi connectivity index (χ4v) is 4.11. The van der Waals surface area contributed by atoms with E-state index in [0.29, 0.717) is 30.1 Å². The predicted molar refractivity (Wildman–Crippen MR) is 125 cm³/mol. The van der Waals surface area contributed by atoms with Gasteiger partial charge in [-0.25, -0.2) is 0 Å². The van der Waals surface area contributed by atoms with Gasteiger partial charge in [0.25, 0.3) is 0 Å². The van der Waals surface area contributed by atoms with Crippen LogP contribution in [0.1, 0.15) is 42.4 Å². The number of carboxylic acid groups (broad SMARTS) is 1. The van der Waals surface area contributed by atoms with Gasteiger partial charge in [-0.05, 0) is 55.1 Å². The molecule has 0 unspecified atom stereocenters. The van der Waals surface area contributed by atoms with Crippen LogP contribution in [0.4, 0.5) is 18.9 Å². The zero-order valence-corrected chi connectivity index (χ0v) is 19.0. The first kappa shape index (κ1) is 25.6. The lowest BCUT2D eigenvalue weighted by Gasteiger charge is -2.36. The number of oxime groups is 1. The summed E-state index contributed by atoms with van der Waals surface area (Å²) in [7, 11) is 0. The van der Waals surface area contributed by atoms with E-state index in [9.17, 15) is 18.0 Å². The Hall–Kier alpha value is -3.07. The number of aliphatic carboxylic acids is 1. The van der Waals surface area contributed by atoms with Crippen LogP contribution in [-0.4, -0.2) is 59.6 Å². The number of alkyl halides is 3. The third kappa shape index (κ3) is 7.48. The standard InChI is InChI=1S/C25H30F3N3O3/c26-25(27,28)21-5-3-6-22(18-21)31-16-14-30(15-17-31)13-2-1-4-19-7-9-20(10-8-19)23(29-34)11-12-24(32)33/h3,5-10,18,34H,1-2,4,11-17H2,(H,32,33). The zero-order chi connectivity index (χ0) is 24.6. The monoisotopic (exact) mass is 477 g/mol. The van der Waals surface area contributed by atoms with Gasteiger partial charge in [-0.15, -0.1) is 0 Å². The number of unbranched alkanes of at least 4 members (excludes halogenated alkanes) is 1. The molecule has 6 nitrogen and oxygen atoms in total. The largest absolute Gasteiger partial charge is 0.481 e. The highest BCUT2D eigenvalue weighted by molar-refractivity contribution is 6.01. The van der Waals surface area contributed by atoms with E-state index in [1.807, 2.05) is 29.2 Å². The van der Waals surface area contributed by atoms with Crippen molar-refractivity contribution in [1.82, 2.24) is 4.90 Å². The number of carbonyl (C=O) groups is 1. The maximum Gasteiger partial charge on any atom is 0.416 e. The molecule has 1 fully saturated rings. The molecule has 0 aliphatic carbocycles. The summed E-state index contributed by atoms with van der Waals surface area (Å²) in [4.78, 5) is 15.1. The number of carboxylic acids is 1. The summed E-state index contributed by atoms with van der Waals surface area (Å²) in [5, 5.41) is 21.1. The van der Waals surface area contributed by atoms with Gasteiger partial charge in [0.2, 0.25) is 0 Å². The SMILES string of the molecule is O=C(O)CCC(=NO)c1ccc(CCCCN2CCN(c3cccc(C(F)(F)F)c3)CC2)cc1. The number of rotatable bonds is 10. The second kappa shape index (κ2) is 11.9. The van der Waals surface area contributed by atoms with E-state index in [0.717, 1.165) is 50.5 Å². The first-order valence-corrected chi connectivity index (χ1v) is 11.4. The van der Waals surface area contributed by atoms with Crippen molar-refractivity contribution in [1.29, 1.82) is 0 Å². The zero-order valence-electron chi connectivity index (χ0n) is 19.0. The van der Waals surface area contributed by atoms with Crippen molar-refractivity contribution in [3.05, 3.63) is 65.2 Å². The summed E-state index contributed by atoms with van der Waals surface area (Å²) in [6, 6.07) is 13.2. The number of aryl methyl sites for hydroxylation is 1. The van der Waals surface area contributed by atoms with E-state index in [1.54, 1.807) is 6.07 Å². The smallest absolute Gasteiger partial charge is 0.416 e. The van der Waals surface area contributed by atoms with Crippen LogP contribution in [0.3, 0.4) is 0 Å². The minimum Gasteiger partial charge on any atom is -0.481 e. The van der Waals surface area contributed by atoms with Crippen LogP contribution in [0.5, 0.6) is 0 Å². The van der Waals surface area contributed by atoms with Crippen LogP contribution in [0.2, 0.25) is 0 Å². The van der Waals surface area contributed by atoms with Gasteiger partial charge < -0.3 is 15.2 Å². The molecule has 2 aromatic rings. The molecule has 0 atom stereocenters. The number of anilines is 1. The second-order valence-corrected chi connectivity index (χ2v) is 8.47. The van der Waals surface area contributed by atoms with Gasteiger partial charge >= 0.3 is 12.1 Å². The number of halogens is 3. The van der Waals surface area contributed by atoms with Gasteiger partial charge in [0.05, 0.1) is 17.7 Å². The van der Waals surface area contributed by atoms with Gasteiger partial charge in [0.1, 0.15) is 0 Å². The summed E-state index contributed by atoms with van der Waals surface area (Å²) in [6.07, 6.45) is -1.31. The van der Waals surface area contributed by atoms with Gasteiger partial charge in [-0.1, -0.05) is 35.5 Å². The van der Waals surface area contributed by atoms with E-state index >= 15 is 0 Å². The molecule has 3 rings (SSSR count). The molecule has 1 aliphatic rings. The molecule has 1 aliphatic heterocycles. The maximum absolute atomic E-state index is 13.0. The molecule has 9 heteroatoms. The van der Waals surface area contributed by atoms with Crippen molar-refractivity contribution in [3.63, 3.8) is 0 Å². The summed E-state index contributed by atoms with van der Waals surface area (Å²) in [5.74, 6) is -0.935. The third-order valence-electron chi connectivity index (χ3n) is 6.08. The van der Waals surface area contributed by atoms with Crippen molar-refractivity contribution in [2.24, 2.45) is 5.16 Å². The molecule has 0 radical (unpaired) electrons. The molecule has 34 heavy (non-hydrogen) atoms. The minimum atomic E-state index is -4.33. The molecule has 2 N–H and O–H groups in total. The Bertz CT molecular complexity index is 969. The quantitative estimate of drug-likeness (QED) is 0.221. The number of nitrogens with zero attached hydrogens (tertiary/aromatic N) is 3. The Balaban J connectivity index is 1.38. The molecule has 0 saturated carbocycles. The van der Waals surface area contributed by atoms with Crippen molar-refractivity contribution in [2.45, 2.75) is 38.3 Å². The van der Waals surface area contributed by atoms with E-state index < -0.39 is 17.7 Å². The van der Waals surface area contributed by atoms with Crippen LogP contribution in [0, 0.1) is 0 Å². The second-order valence-electron chi connectivity index (χ2n) is 8.47. The van der Waals surface area contributed by atoms with E-state index in [-0.39, 0.29) is 12.8 Å². The van der Waals surface area contributed by atoms with Gasteiger partial charge in [-0.2, -0.15) is 13.2 Å². The highest BCUT2D eigenvalue weighted by Crippen LogP contribution is 2.31. The summed E-state index contributed by atoms with van der Waals surface area (Å²) >= 11 is 0. The Kier molecular flexibility index (Phi) is 8.92. The lowest BCUT2D eigenvalue weighted by Crippen LogP contribution is -2.46. The van der Waals surface area contributed by atoms with Crippen molar-refractivity contribution in [3.8, 4) is 0 Å².